The molecule has 15 heavy (non-hydrogen) atoms. The van der Waals surface area contributed by atoms with Gasteiger partial charge in [-0.3, -0.25) is 0 Å². The third-order valence-corrected chi connectivity index (χ3v) is 3.33. The average Bonchev–Trinajstić information content (AvgIpc) is 2.96. The first-order chi connectivity index (χ1) is 7.15. The third kappa shape index (κ3) is 3.37. The molecule has 3 heteroatoms. The second-order valence-electron chi connectivity index (χ2n) is 4.33. The van der Waals surface area contributed by atoms with Gasteiger partial charge in [0.15, 0.2) is 0 Å². The molecule has 1 nitrogen and oxygen atoms in total. The lowest BCUT2D eigenvalue weighted by molar-refractivity contribution is 0.575. The SMILES string of the molecule is NC(CCC1CC1)c1cc(Cl)cc(Cl)c1. The Bertz CT molecular complexity index is 327. The summed E-state index contributed by atoms with van der Waals surface area (Å²) in [6.07, 6.45) is 5.01. The van der Waals surface area contributed by atoms with Gasteiger partial charge in [0.2, 0.25) is 0 Å². The molecule has 0 saturated heterocycles. The molecule has 0 aliphatic heterocycles. The van der Waals surface area contributed by atoms with Gasteiger partial charge in [0.1, 0.15) is 0 Å². The monoisotopic (exact) mass is 243 g/mol. The van der Waals surface area contributed by atoms with Gasteiger partial charge in [-0.05, 0) is 42.5 Å². The van der Waals surface area contributed by atoms with Crippen LogP contribution in [0.2, 0.25) is 10.0 Å². The van der Waals surface area contributed by atoms with Crippen molar-refractivity contribution in [3.05, 3.63) is 33.8 Å². The highest BCUT2D eigenvalue weighted by atomic mass is 35.5. The largest absolute Gasteiger partial charge is 0.324 e. The van der Waals surface area contributed by atoms with Gasteiger partial charge in [0.05, 0.1) is 0 Å². The van der Waals surface area contributed by atoms with Crippen molar-refractivity contribution in [1.82, 2.24) is 0 Å². The van der Waals surface area contributed by atoms with Crippen LogP contribution < -0.4 is 5.73 Å². The molecule has 0 heterocycles. The fourth-order valence-electron chi connectivity index (χ4n) is 1.78. The van der Waals surface area contributed by atoms with E-state index in [0.29, 0.717) is 10.0 Å². The molecule has 1 fully saturated rings. The van der Waals surface area contributed by atoms with E-state index in [-0.39, 0.29) is 6.04 Å². The fraction of sp³-hybridized carbons (Fsp3) is 0.500. The average molecular weight is 244 g/mol. The molecular formula is C12H15Cl2N. The Morgan fingerprint density at radius 3 is 2.33 bits per heavy atom. The van der Waals surface area contributed by atoms with Crippen LogP contribution in [0, 0.1) is 5.92 Å². The van der Waals surface area contributed by atoms with Crippen LogP contribution in [-0.2, 0) is 0 Å². The van der Waals surface area contributed by atoms with E-state index in [1.54, 1.807) is 6.07 Å². The molecule has 2 rings (SSSR count). The molecule has 1 aliphatic carbocycles. The van der Waals surface area contributed by atoms with Crippen molar-refractivity contribution in [2.75, 3.05) is 0 Å². The Hall–Kier alpha value is -0.240. The molecule has 0 amide bonds. The third-order valence-electron chi connectivity index (χ3n) is 2.90. The minimum Gasteiger partial charge on any atom is -0.324 e. The molecule has 2 N–H and O–H groups in total. The number of halogens is 2. The predicted octanol–water partition coefficient (Wildman–Crippen LogP) is 4.18. The van der Waals surface area contributed by atoms with Crippen molar-refractivity contribution in [2.45, 2.75) is 31.7 Å². The summed E-state index contributed by atoms with van der Waals surface area (Å²) in [5.41, 5.74) is 7.14. The summed E-state index contributed by atoms with van der Waals surface area (Å²) in [6.45, 7) is 0. The molecule has 1 atom stereocenters. The van der Waals surface area contributed by atoms with Crippen molar-refractivity contribution >= 4 is 23.2 Å². The van der Waals surface area contributed by atoms with Gasteiger partial charge in [-0.25, -0.2) is 0 Å². The first-order valence-corrected chi connectivity index (χ1v) is 6.12. The van der Waals surface area contributed by atoms with E-state index in [4.69, 9.17) is 28.9 Å². The normalized spacial score (nSPS) is 17.8. The summed E-state index contributed by atoms with van der Waals surface area (Å²) in [6, 6.07) is 5.62. The van der Waals surface area contributed by atoms with Gasteiger partial charge in [0, 0.05) is 16.1 Å². The van der Waals surface area contributed by atoms with E-state index in [1.165, 1.54) is 19.3 Å². The lowest BCUT2D eigenvalue weighted by atomic mass is 10.0. The van der Waals surface area contributed by atoms with E-state index in [2.05, 4.69) is 0 Å². The highest BCUT2D eigenvalue weighted by Crippen LogP contribution is 2.35. The zero-order valence-electron chi connectivity index (χ0n) is 8.55. The van der Waals surface area contributed by atoms with Gasteiger partial charge in [-0.2, -0.15) is 0 Å². The Balaban J connectivity index is 1.99. The molecule has 1 unspecified atom stereocenters. The van der Waals surface area contributed by atoms with E-state index < -0.39 is 0 Å². The van der Waals surface area contributed by atoms with Crippen molar-refractivity contribution in [3.8, 4) is 0 Å². The molecule has 1 aromatic rings. The molecule has 1 aliphatic rings. The van der Waals surface area contributed by atoms with E-state index in [0.717, 1.165) is 17.9 Å². The van der Waals surface area contributed by atoms with Crippen molar-refractivity contribution in [2.24, 2.45) is 11.7 Å². The van der Waals surface area contributed by atoms with Crippen LogP contribution in [0.4, 0.5) is 0 Å². The standard InChI is InChI=1S/C12H15Cl2N/c13-10-5-9(6-11(14)7-10)12(15)4-3-8-1-2-8/h5-8,12H,1-4,15H2. The zero-order valence-corrected chi connectivity index (χ0v) is 10.1. The van der Waals surface area contributed by atoms with E-state index >= 15 is 0 Å². The van der Waals surface area contributed by atoms with Gasteiger partial charge in [-0.1, -0.05) is 36.0 Å². The molecule has 0 radical (unpaired) electrons. The topological polar surface area (TPSA) is 26.0 Å². The number of rotatable bonds is 4. The van der Waals surface area contributed by atoms with Crippen LogP contribution in [0.25, 0.3) is 0 Å². The van der Waals surface area contributed by atoms with Gasteiger partial charge in [-0.15, -0.1) is 0 Å². The molecule has 0 aromatic heterocycles. The smallest absolute Gasteiger partial charge is 0.0424 e. The Morgan fingerprint density at radius 2 is 1.80 bits per heavy atom. The lowest BCUT2D eigenvalue weighted by Crippen LogP contribution is -2.10. The second-order valence-corrected chi connectivity index (χ2v) is 5.20. The summed E-state index contributed by atoms with van der Waals surface area (Å²) in [5, 5.41) is 1.33. The Kier molecular flexibility index (Phi) is 3.55. The summed E-state index contributed by atoms with van der Waals surface area (Å²) < 4.78 is 0. The molecule has 0 spiro atoms. The highest BCUT2D eigenvalue weighted by Gasteiger charge is 2.22. The van der Waals surface area contributed by atoms with Crippen molar-refractivity contribution in [1.29, 1.82) is 0 Å². The van der Waals surface area contributed by atoms with Crippen LogP contribution >= 0.6 is 23.2 Å². The molecule has 1 aromatic carbocycles. The van der Waals surface area contributed by atoms with Gasteiger partial charge >= 0.3 is 0 Å². The Morgan fingerprint density at radius 1 is 1.20 bits per heavy atom. The summed E-state index contributed by atoms with van der Waals surface area (Å²) in [5.74, 6) is 0.922. The maximum atomic E-state index is 6.09. The van der Waals surface area contributed by atoms with E-state index in [1.807, 2.05) is 12.1 Å². The Labute approximate surface area is 101 Å². The molecule has 82 valence electrons. The van der Waals surface area contributed by atoms with Crippen molar-refractivity contribution < 1.29 is 0 Å². The quantitative estimate of drug-likeness (QED) is 0.844. The first kappa shape index (κ1) is 11.3. The molecular weight excluding hydrogens is 229 g/mol. The van der Waals surface area contributed by atoms with Crippen LogP contribution in [0.1, 0.15) is 37.3 Å². The fourth-order valence-corrected chi connectivity index (χ4v) is 2.32. The zero-order chi connectivity index (χ0) is 10.8. The first-order valence-electron chi connectivity index (χ1n) is 5.37. The number of benzene rings is 1. The summed E-state index contributed by atoms with van der Waals surface area (Å²) in [4.78, 5) is 0. The summed E-state index contributed by atoms with van der Waals surface area (Å²) in [7, 11) is 0. The number of nitrogens with two attached hydrogens (primary N) is 1. The maximum absolute atomic E-state index is 6.09. The predicted molar refractivity (Wildman–Crippen MR) is 65.3 cm³/mol. The van der Waals surface area contributed by atoms with Crippen LogP contribution in [0.15, 0.2) is 18.2 Å². The van der Waals surface area contributed by atoms with Gasteiger partial charge in [0.25, 0.3) is 0 Å². The van der Waals surface area contributed by atoms with Crippen molar-refractivity contribution in [3.63, 3.8) is 0 Å². The van der Waals surface area contributed by atoms with Crippen LogP contribution in [0.5, 0.6) is 0 Å². The van der Waals surface area contributed by atoms with Gasteiger partial charge < -0.3 is 5.73 Å². The number of hydrogen-bond donors (Lipinski definition) is 1. The van der Waals surface area contributed by atoms with Crippen LogP contribution in [-0.4, -0.2) is 0 Å². The van der Waals surface area contributed by atoms with E-state index in [9.17, 15) is 0 Å². The minimum absolute atomic E-state index is 0.0711. The highest BCUT2D eigenvalue weighted by molar-refractivity contribution is 6.34. The van der Waals surface area contributed by atoms with Crippen LogP contribution in [0.3, 0.4) is 0 Å². The molecule has 1 saturated carbocycles. The maximum Gasteiger partial charge on any atom is 0.0424 e. The number of hydrogen-bond acceptors (Lipinski definition) is 1. The minimum atomic E-state index is 0.0711. The summed E-state index contributed by atoms with van der Waals surface area (Å²) >= 11 is 11.9. The lowest BCUT2D eigenvalue weighted by Gasteiger charge is -2.12. The second kappa shape index (κ2) is 4.73. The molecule has 0 bridgehead atoms.